The molecule has 0 aromatic heterocycles. The molecule has 0 saturated carbocycles. The maximum Gasteiger partial charge on any atom is 0.155 e. The Bertz CT molecular complexity index is 536. The first-order chi connectivity index (χ1) is 10.1. The lowest BCUT2D eigenvalue weighted by molar-refractivity contribution is 0.446. The molecule has 118 valence electrons. The van der Waals surface area contributed by atoms with Crippen LogP contribution in [0.3, 0.4) is 0 Å². The molecule has 1 aromatic rings. The Labute approximate surface area is 129 Å². The van der Waals surface area contributed by atoms with Crippen LogP contribution in [0.4, 0.5) is 0 Å². The third kappa shape index (κ3) is 4.07. The van der Waals surface area contributed by atoms with Crippen LogP contribution in [0.2, 0.25) is 0 Å². The Balaban J connectivity index is 2.27. The quantitative estimate of drug-likeness (QED) is 0.877. The van der Waals surface area contributed by atoms with Crippen LogP contribution in [0, 0.1) is 0 Å². The summed E-state index contributed by atoms with van der Waals surface area (Å²) in [6, 6.07) is 8.35. The molecule has 2 atom stereocenters. The van der Waals surface area contributed by atoms with Crippen molar-refractivity contribution in [2.45, 2.75) is 57.2 Å². The van der Waals surface area contributed by atoms with Gasteiger partial charge < -0.3 is 5.32 Å². The smallest absolute Gasteiger partial charge is 0.155 e. The van der Waals surface area contributed by atoms with Gasteiger partial charge in [0.05, 0.1) is 11.0 Å². The molecule has 1 N–H and O–H groups in total. The van der Waals surface area contributed by atoms with Crippen LogP contribution in [-0.4, -0.2) is 26.0 Å². The van der Waals surface area contributed by atoms with Crippen molar-refractivity contribution in [2.24, 2.45) is 0 Å². The molecule has 1 aliphatic heterocycles. The average Bonchev–Trinajstić information content (AvgIpc) is 2.49. The third-order valence-electron chi connectivity index (χ3n) is 4.36. The van der Waals surface area contributed by atoms with Gasteiger partial charge in [-0.1, -0.05) is 44.5 Å². The minimum absolute atomic E-state index is 0.0684. The molecule has 1 aliphatic rings. The van der Waals surface area contributed by atoms with E-state index in [1.165, 1.54) is 5.56 Å². The molecule has 3 nitrogen and oxygen atoms in total. The molecule has 0 radical (unpaired) electrons. The third-order valence-corrected chi connectivity index (χ3v) is 6.65. The molecule has 0 amide bonds. The maximum atomic E-state index is 12.4. The van der Waals surface area contributed by atoms with E-state index in [1.54, 1.807) is 0 Å². The number of aryl methyl sites for hydroxylation is 1. The van der Waals surface area contributed by atoms with Crippen molar-refractivity contribution in [2.75, 3.05) is 12.3 Å². The number of sulfone groups is 1. The summed E-state index contributed by atoms with van der Waals surface area (Å²) in [6.07, 6.45) is 4.62. The Morgan fingerprint density at radius 3 is 2.48 bits per heavy atom. The van der Waals surface area contributed by atoms with E-state index in [0.29, 0.717) is 5.75 Å². The highest BCUT2D eigenvalue weighted by Crippen LogP contribution is 2.31. The Morgan fingerprint density at radius 2 is 1.90 bits per heavy atom. The average molecular weight is 309 g/mol. The Morgan fingerprint density at radius 1 is 1.19 bits per heavy atom. The summed E-state index contributed by atoms with van der Waals surface area (Å²) in [5.74, 6) is 0.342. The van der Waals surface area contributed by atoms with Crippen LogP contribution in [0.5, 0.6) is 0 Å². The second-order valence-corrected chi connectivity index (χ2v) is 8.27. The first kappa shape index (κ1) is 16.5. The molecule has 1 heterocycles. The first-order valence-corrected chi connectivity index (χ1v) is 9.83. The summed E-state index contributed by atoms with van der Waals surface area (Å²) in [5.41, 5.74) is 2.40. The van der Waals surface area contributed by atoms with E-state index in [9.17, 15) is 8.42 Å². The van der Waals surface area contributed by atoms with Gasteiger partial charge in [-0.05, 0) is 43.4 Å². The van der Waals surface area contributed by atoms with E-state index in [0.717, 1.165) is 44.2 Å². The molecule has 0 bridgehead atoms. The number of hydrogen-bond donors (Lipinski definition) is 1. The van der Waals surface area contributed by atoms with Crippen LogP contribution in [0.15, 0.2) is 24.3 Å². The van der Waals surface area contributed by atoms with E-state index >= 15 is 0 Å². The van der Waals surface area contributed by atoms with Crippen LogP contribution in [0.1, 0.15) is 56.7 Å². The van der Waals surface area contributed by atoms with Gasteiger partial charge in [-0.2, -0.15) is 0 Å². The van der Waals surface area contributed by atoms with Gasteiger partial charge in [-0.25, -0.2) is 8.42 Å². The molecule has 4 heteroatoms. The zero-order valence-electron chi connectivity index (χ0n) is 13.1. The van der Waals surface area contributed by atoms with Crippen molar-refractivity contribution in [3.63, 3.8) is 0 Å². The molecule has 0 spiro atoms. The van der Waals surface area contributed by atoms with Gasteiger partial charge in [-0.15, -0.1) is 0 Å². The fourth-order valence-electron chi connectivity index (χ4n) is 3.08. The highest BCUT2D eigenvalue weighted by molar-refractivity contribution is 7.92. The van der Waals surface area contributed by atoms with Gasteiger partial charge in [0.15, 0.2) is 9.84 Å². The molecule has 1 fully saturated rings. The highest BCUT2D eigenvalue weighted by atomic mass is 32.2. The Hall–Kier alpha value is -0.870. The zero-order valence-corrected chi connectivity index (χ0v) is 14.0. The Kier molecular flexibility index (Phi) is 5.82. The number of benzene rings is 1. The second-order valence-electron chi connectivity index (χ2n) is 5.93. The zero-order chi connectivity index (χ0) is 15.3. The van der Waals surface area contributed by atoms with E-state index < -0.39 is 9.84 Å². The molecular formula is C17H27NO2S. The van der Waals surface area contributed by atoms with E-state index in [1.807, 2.05) is 0 Å². The van der Waals surface area contributed by atoms with Crippen molar-refractivity contribution in [3.05, 3.63) is 35.4 Å². The second kappa shape index (κ2) is 7.41. The largest absolute Gasteiger partial charge is 0.309 e. The lowest BCUT2D eigenvalue weighted by atomic mass is 9.98. The van der Waals surface area contributed by atoms with Gasteiger partial charge in [0.1, 0.15) is 0 Å². The summed E-state index contributed by atoms with van der Waals surface area (Å²) in [5, 5.41) is 3.20. The fourth-order valence-corrected chi connectivity index (χ4v) is 5.18. The topological polar surface area (TPSA) is 46.2 Å². The van der Waals surface area contributed by atoms with Gasteiger partial charge >= 0.3 is 0 Å². The van der Waals surface area contributed by atoms with Crippen molar-refractivity contribution >= 4 is 9.84 Å². The van der Waals surface area contributed by atoms with Crippen LogP contribution >= 0.6 is 0 Å². The normalized spacial score (nSPS) is 22.9. The van der Waals surface area contributed by atoms with Gasteiger partial charge in [-0.3, -0.25) is 0 Å². The molecule has 0 aliphatic carbocycles. The van der Waals surface area contributed by atoms with E-state index in [4.69, 9.17) is 0 Å². The van der Waals surface area contributed by atoms with Crippen LogP contribution in [0.25, 0.3) is 0 Å². The summed E-state index contributed by atoms with van der Waals surface area (Å²) >= 11 is 0. The predicted molar refractivity (Wildman–Crippen MR) is 88.3 cm³/mol. The molecule has 21 heavy (non-hydrogen) atoms. The van der Waals surface area contributed by atoms with E-state index in [-0.39, 0.29) is 11.3 Å². The maximum absolute atomic E-state index is 12.4. The molecule has 2 rings (SSSR count). The summed E-state index contributed by atoms with van der Waals surface area (Å²) in [6.45, 7) is 5.10. The summed E-state index contributed by atoms with van der Waals surface area (Å²) in [7, 11) is -2.98. The standard InChI is InChI=1S/C17H27NO2S/c1-3-12-18-17(15-10-8-14(4-2)9-11-15)16-7-5-6-13-21(16,19)20/h8-11,16-18H,3-7,12-13H2,1-2H3. The predicted octanol–water partition coefficient (Wildman–Crippen LogP) is 3.26. The summed E-state index contributed by atoms with van der Waals surface area (Å²) < 4.78 is 24.9. The summed E-state index contributed by atoms with van der Waals surface area (Å²) in [4.78, 5) is 0. The van der Waals surface area contributed by atoms with Crippen molar-refractivity contribution in [1.82, 2.24) is 5.32 Å². The van der Waals surface area contributed by atoms with Crippen molar-refractivity contribution in [1.29, 1.82) is 0 Å². The number of nitrogens with one attached hydrogen (secondary N) is 1. The highest BCUT2D eigenvalue weighted by Gasteiger charge is 2.35. The van der Waals surface area contributed by atoms with Crippen molar-refractivity contribution < 1.29 is 8.42 Å². The van der Waals surface area contributed by atoms with Crippen molar-refractivity contribution in [3.8, 4) is 0 Å². The fraction of sp³-hybridized carbons (Fsp3) is 0.647. The molecule has 1 saturated heterocycles. The number of hydrogen-bond acceptors (Lipinski definition) is 3. The molecular weight excluding hydrogens is 282 g/mol. The van der Waals surface area contributed by atoms with Gasteiger partial charge in [0, 0.05) is 6.04 Å². The molecule has 1 aromatic carbocycles. The van der Waals surface area contributed by atoms with Gasteiger partial charge in [0.25, 0.3) is 0 Å². The monoisotopic (exact) mass is 309 g/mol. The minimum Gasteiger partial charge on any atom is -0.309 e. The van der Waals surface area contributed by atoms with Crippen LogP contribution < -0.4 is 5.32 Å². The van der Waals surface area contributed by atoms with E-state index in [2.05, 4.69) is 43.4 Å². The van der Waals surface area contributed by atoms with Gasteiger partial charge in [0.2, 0.25) is 0 Å². The van der Waals surface area contributed by atoms with Crippen LogP contribution in [-0.2, 0) is 16.3 Å². The first-order valence-electron chi connectivity index (χ1n) is 8.12. The SMILES string of the molecule is CCCNC(c1ccc(CC)cc1)C1CCCCS1(=O)=O. The molecule has 2 unspecified atom stereocenters. The lowest BCUT2D eigenvalue weighted by Gasteiger charge is -2.31. The minimum atomic E-state index is -2.98. The number of rotatable bonds is 6. The lowest BCUT2D eigenvalue weighted by Crippen LogP contribution is -2.40.